The van der Waals surface area contributed by atoms with Crippen molar-refractivity contribution in [2.75, 3.05) is 146 Å². The van der Waals surface area contributed by atoms with Crippen molar-refractivity contribution in [3.8, 4) is 0 Å². The maximum absolute atomic E-state index is 14.0. The minimum Gasteiger partial charge on any atom is -0.465 e. The van der Waals surface area contributed by atoms with Gasteiger partial charge in [0.2, 0.25) is 0 Å². The fraction of sp³-hybridized carbons (Fsp3) is 0.875. The van der Waals surface area contributed by atoms with Crippen molar-refractivity contribution in [1.29, 1.82) is 0 Å². The van der Waals surface area contributed by atoms with E-state index in [2.05, 4.69) is 0 Å². The minimum atomic E-state index is -1.07. The standard InChI is InChI=1S/C48H77N3O21/c1-5-46(26-59-15-14-58-4,27-60-16-35-21-65-35)32-70-40(52)8-11-49-43(55)50(12-9-41(53)71-33-47(6-2,28-61-17-36-22-66-36)29-62-18-37-23-67-37)45(57)51(44(49)56)13-10-42(54)72-34-48(7-3,30-63-19-38-24-68-38)31-64-20-39-25-69-39/h35-39H,5-34H2,1-4H3. The molecular formula is C48H77N3O21. The summed E-state index contributed by atoms with van der Waals surface area (Å²) in [5, 5.41) is 0. The predicted molar refractivity (Wildman–Crippen MR) is 250 cm³/mol. The van der Waals surface area contributed by atoms with Gasteiger partial charge in [0, 0.05) is 26.7 Å². The van der Waals surface area contributed by atoms with Crippen molar-refractivity contribution in [2.45, 2.75) is 109 Å². The average Bonchev–Trinajstić information content (AvgIpc) is 4.15. The lowest BCUT2D eigenvalue weighted by Crippen LogP contribution is -2.55. The Morgan fingerprint density at radius 2 is 0.681 bits per heavy atom. The van der Waals surface area contributed by atoms with Gasteiger partial charge >= 0.3 is 35.0 Å². The Morgan fingerprint density at radius 1 is 0.431 bits per heavy atom. The van der Waals surface area contributed by atoms with Gasteiger partial charge in [0.15, 0.2) is 0 Å². The van der Waals surface area contributed by atoms with Gasteiger partial charge in [-0.15, -0.1) is 0 Å². The summed E-state index contributed by atoms with van der Waals surface area (Å²) in [4.78, 5) is 82.3. The molecular weight excluding hydrogens is 955 g/mol. The normalized spacial score (nSPS) is 23.1. The van der Waals surface area contributed by atoms with Crippen LogP contribution in [0.25, 0.3) is 0 Å². The van der Waals surface area contributed by atoms with Crippen LogP contribution in [0.4, 0.5) is 0 Å². The molecule has 6 unspecified atom stereocenters. The molecule has 410 valence electrons. The third-order valence-electron chi connectivity index (χ3n) is 13.3. The third-order valence-corrected chi connectivity index (χ3v) is 13.3. The molecule has 5 aliphatic rings. The molecule has 0 spiro atoms. The smallest absolute Gasteiger partial charge is 0.336 e. The van der Waals surface area contributed by atoms with Gasteiger partial charge in [-0.2, -0.15) is 0 Å². The number of rotatable bonds is 43. The monoisotopic (exact) mass is 1030 g/mol. The Balaban J connectivity index is 1.13. The summed E-state index contributed by atoms with van der Waals surface area (Å²) in [6.07, 6.45) is 0.399. The van der Waals surface area contributed by atoms with Crippen LogP contribution in [0.3, 0.4) is 0 Å². The highest BCUT2D eigenvalue weighted by molar-refractivity contribution is 5.70. The number of methoxy groups -OCH3 is 1. The van der Waals surface area contributed by atoms with Gasteiger partial charge in [0.05, 0.1) is 154 Å². The Bertz CT molecular complexity index is 1880. The lowest BCUT2D eigenvalue weighted by Gasteiger charge is -2.31. The molecule has 0 amide bonds. The Hall–Kier alpha value is -3.66. The Labute approximate surface area is 419 Å². The summed E-state index contributed by atoms with van der Waals surface area (Å²) in [5.41, 5.74) is -5.33. The van der Waals surface area contributed by atoms with E-state index in [0.29, 0.717) is 112 Å². The lowest BCUT2D eigenvalue weighted by molar-refractivity contribution is -0.153. The summed E-state index contributed by atoms with van der Waals surface area (Å²) in [5.74, 6) is -2.19. The summed E-state index contributed by atoms with van der Waals surface area (Å²) < 4.78 is 86.2. The molecule has 6 atom stereocenters. The van der Waals surface area contributed by atoms with Crippen LogP contribution in [0.2, 0.25) is 0 Å². The van der Waals surface area contributed by atoms with Crippen LogP contribution < -0.4 is 17.1 Å². The first-order chi connectivity index (χ1) is 34.8. The Kier molecular flexibility index (Phi) is 23.1. The molecule has 24 nitrogen and oxygen atoms in total. The van der Waals surface area contributed by atoms with E-state index in [1.807, 2.05) is 20.8 Å². The van der Waals surface area contributed by atoms with Gasteiger partial charge in [-0.1, -0.05) is 20.8 Å². The number of nitrogens with zero attached hydrogens (tertiary/aromatic N) is 3. The van der Waals surface area contributed by atoms with Crippen LogP contribution in [-0.4, -0.2) is 208 Å². The zero-order valence-corrected chi connectivity index (χ0v) is 42.5. The van der Waals surface area contributed by atoms with Crippen LogP contribution in [0.5, 0.6) is 0 Å². The zero-order chi connectivity index (χ0) is 51.4. The van der Waals surface area contributed by atoms with E-state index in [1.165, 1.54) is 0 Å². The van der Waals surface area contributed by atoms with Crippen molar-refractivity contribution >= 4 is 17.9 Å². The highest BCUT2D eigenvalue weighted by Gasteiger charge is 2.37. The number of ether oxygens (including phenoxy) is 15. The molecule has 24 heteroatoms. The van der Waals surface area contributed by atoms with Crippen LogP contribution in [0.1, 0.15) is 59.3 Å². The molecule has 0 radical (unpaired) electrons. The van der Waals surface area contributed by atoms with E-state index in [9.17, 15) is 28.8 Å². The second kappa shape index (κ2) is 28.9. The molecule has 5 fully saturated rings. The summed E-state index contributed by atoms with van der Waals surface area (Å²) in [6.45, 7) is 11.0. The van der Waals surface area contributed by atoms with E-state index in [1.54, 1.807) is 7.11 Å². The van der Waals surface area contributed by atoms with Crippen molar-refractivity contribution in [2.24, 2.45) is 16.2 Å². The molecule has 0 N–H and O–H groups in total. The highest BCUT2D eigenvalue weighted by Crippen LogP contribution is 2.28. The van der Waals surface area contributed by atoms with Crippen molar-refractivity contribution in [1.82, 2.24) is 13.7 Å². The maximum atomic E-state index is 14.0. The topological polar surface area (TPSA) is 272 Å². The lowest BCUT2D eigenvalue weighted by atomic mass is 9.88. The summed E-state index contributed by atoms with van der Waals surface area (Å²) in [7, 11) is 1.56. The molecule has 0 aliphatic carbocycles. The summed E-state index contributed by atoms with van der Waals surface area (Å²) in [6, 6.07) is 0. The van der Waals surface area contributed by atoms with E-state index in [0.717, 1.165) is 0 Å². The van der Waals surface area contributed by atoms with Crippen molar-refractivity contribution in [3.05, 3.63) is 31.5 Å². The van der Waals surface area contributed by atoms with Gasteiger partial charge in [-0.3, -0.25) is 14.4 Å². The number of epoxide rings is 5. The van der Waals surface area contributed by atoms with E-state index < -0.39 is 90.1 Å². The number of carbonyl (C=O) groups excluding carboxylic acids is 3. The van der Waals surface area contributed by atoms with E-state index in [4.69, 9.17) is 71.1 Å². The second-order valence-electron chi connectivity index (χ2n) is 19.5. The third kappa shape index (κ3) is 19.9. The molecule has 0 saturated carbocycles. The average molecular weight is 1030 g/mol. The van der Waals surface area contributed by atoms with E-state index >= 15 is 0 Å². The first kappa shape index (κ1) is 57.6. The SMILES string of the molecule is CCC(COCCOC)(COCC1CO1)COC(=O)CCn1c(=O)n(CCC(=O)OCC(CC)(COCC2CO2)COCC2CO2)c(=O)n(CCC(=O)OCC(CC)(COCC2CO2)COCC2CO2)c1=O. The van der Waals surface area contributed by atoms with Gasteiger partial charge < -0.3 is 71.1 Å². The quantitative estimate of drug-likeness (QED) is 0.0358. The molecule has 6 rings (SSSR count). The first-order valence-corrected chi connectivity index (χ1v) is 25.3. The number of hydrogen-bond acceptors (Lipinski definition) is 21. The Morgan fingerprint density at radius 3 is 0.903 bits per heavy atom. The van der Waals surface area contributed by atoms with Crippen LogP contribution in [0.15, 0.2) is 14.4 Å². The molecule has 1 aromatic heterocycles. The predicted octanol–water partition coefficient (Wildman–Crippen LogP) is -0.0992. The number of aromatic nitrogens is 3. The molecule has 72 heavy (non-hydrogen) atoms. The molecule has 0 aromatic carbocycles. The fourth-order valence-corrected chi connectivity index (χ4v) is 7.36. The molecule has 5 aliphatic heterocycles. The van der Waals surface area contributed by atoms with Crippen LogP contribution >= 0.6 is 0 Å². The summed E-state index contributed by atoms with van der Waals surface area (Å²) >= 11 is 0. The first-order valence-electron chi connectivity index (χ1n) is 25.3. The molecule has 6 heterocycles. The van der Waals surface area contributed by atoms with Gasteiger partial charge in [0.25, 0.3) is 0 Å². The van der Waals surface area contributed by atoms with Gasteiger partial charge in [0.1, 0.15) is 50.3 Å². The van der Waals surface area contributed by atoms with Gasteiger partial charge in [-0.05, 0) is 19.3 Å². The van der Waals surface area contributed by atoms with Crippen LogP contribution in [-0.2, 0) is 105 Å². The maximum Gasteiger partial charge on any atom is 0.336 e. The number of esters is 3. The molecule has 1 aromatic rings. The fourth-order valence-electron chi connectivity index (χ4n) is 7.36. The van der Waals surface area contributed by atoms with E-state index in [-0.39, 0.29) is 90.0 Å². The highest BCUT2D eigenvalue weighted by atomic mass is 16.6. The minimum absolute atomic E-state index is 0.0186. The zero-order valence-electron chi connectivity index (χ0n) is 42.5. The van der Waals surface area contributed by atoms with Crippen LogP contribution in [0, 0.1) is 16.2 Å². The van der Waals surface area contributed by atoms with Crippen molar-refractivity contribution < 1.29 is 85.4 Å². The molecule has 0 bridgehead atoms. The second-order valence-corrected chi connectivity index (χ2v) is 19.5. The number of carbonyl (C=O) groups is 3. The number of hydrogen-bond donors (Lipinski definition) is 0. The molecule has 5 saturated heterocycles. The van der Waals surface area contributed by atoms with Gasteiger partial charge in [-0.25, -0.2) is 28.1 Å². The van der Waals surface area contributed by atoms with Crippen molar-refractivity contribution in [3.63, 3.8) is 0 Å². The largest absolute Gasteiger partial charge is 0.465 e.